The van der Waals surface area contributed by atoms with E-state index in [9.17, 15) is 19.2 Å². The van der Waals surface area contributed by atoms with Crippen LogP contribution in [0.5, 0.6) is 5.75 Å². The first-order chi connectivity index (χ1) is 17.2. The lowest BCUT2D eigenvalue weighted by atomic mass is 10.1. The number of nitrogens with one attached hydrogen (secondary N) is 1. The van der Waals surface area contributed by atoms with Crippen LogP contribution in [0, 0.1) is 6.92 Å². The standard InChI is InChI=1S/C25H24ClNO8S/c1-4-32-24(30)20-12(3)21(25(31)33-5-2)36-22(20)27-19(28)11-34-18-10-17-15(9-16(18)26)13-7-6-8-14(13)23(29)35-17/h9-10H,4-8,11H2,1-3H3,(H,27,28). The molecule has 1 aliphatic carbocycles. The highest BCUT2D eigenvalue weighted by Gasteiger charge is 2.27. The fraction of sp³-hybridized carbons (Fsp3) is 0.360. The third-order valence-electron chi connectivity index (χ3n) is 5.72. The van der Waals surface area contributed by atoms with Crippen molar-refractivity contribution in [3.63, 3.8) is 0 Å². The molecule has 0 saturated carbocycles. The van der Waals surface area contributed by atoms with Crippen molar-refractivity contribution >= 4 is 56.8 Å². The number of aryl methyl sites for hydroxylation is 1. The first-order valence-corrected chi connectivity index (χ1v) is 12.6. The van der Waals surface area contributed by atoms with Crippen molar-refractivity contribution in [2.24, 2.45) is 0 Å². The fourth-order valence-corrected chi connectivity index (χ4v) is 5.46. The average molecular weight is 534 g/mol. The Morgan fingerprint density at radius 2 is 1.78 bits per heavy atom. The number of fused-ring (bicyclic) bond motifs is 3. The average Bonchev–Trinajstić information content (AvgIpc) is 3.44. The van der Waals surface area contributed by atoms with Gasteiger partial charge in [0.1, 0.15) is 21.2 Å². The zero-order valence-electron chi connectivity index (χ0n) is 19.9. The number of benzene rings is 1. The number of rotatable bonds is 8. The molecule has 2 heterocycles. The molecular formula is C25H24ClNO8S. The van der Waals surface area contributed by atoms with Crippen LogP contribution in [0.4, 0.5) is 5.00 Å². The van der Waals surface area contributed by atoms with E-state index < -0.39 is 24.5 Å². The molecule has 0 radical (unpaired) electrons. The molecule has 3 aromatic rings. The van der Waals surface area contributed by atoms with Gasteiger partial charge in [0.15, 0.2) is 6.61 Å². The van der Waals surface area contributed by atoms with Crippen molar-refractivity contribution in [3.8, 4) is 5.75 Å². The predicted octanol–water partition coefficient (Wildman–Crippen LogP) is 4.68. The van der Waals surface area contributed by atoms with Crippen LogP contribution in [0.25, 0.3) is 11.0 Å². The fourth-order valence-electron chi connectivity index (χ4n) is 4.14. The van der Waals surface area contributed by atoms with Crippen LogP contribution in [-0.4, -0.2) is 37.7 Å². The molecule has 36 heavy (non-hydrogen) atoms. The molecule has 0 unspecified atom stereocenters. The lowest BCUT2D eigenvalue weighted by Crippen LogP contribution is -2.21. The lowest BCUT2D eigenvalue weighted by Gasteiger charge is -2.11. The van der Waals surface area contributed by atoms with Crippen LogP contribution < -0.4 is 15.7 Å². The molecule has 1 N–H and O–H groups in total. The Morgan fingerprint density at radius 3 is 2.50 bits per heavy atom. The number of amides is 1. The molecule has 1 aromatic carbocycles. The summed E-state index contributed by atoms with van der Waals surface area (Å²) in [6, 6.07) is 3.16. The summed E-state index contributed by atoms with van der Waals surface area (Å²) in [6.07, 6.45) is 2.33. The second-order valence-electron chi connectivity index (χ2n) is 8.02. The molecule has 0 saturated heterocycles. The van der Waals surface area contributed by atoms with Crippen LogP contribution in [-0.2, 0) is 27.1 Å². The maximum absolute atomic E-state index is 12.7. The largest absolute Gasteiger partial charge is 0.482 e. The van der Waals surface area contributed by atoms with E-state index in [1.165, 1.54) is 6.07 Å². The highest BCUT2D eigenvalue weighted by Crippen LogP contribution is 2.36. The van der Waals surface area contributed by atoms with Crippen molar-refractivity contribution in [1.29, 1.82) is 0 Å². The number of hydrogen-bond acceptors (Lipinski definition) is 9. The third kappa shape index (κ3) is 4.96. The number of anilines is 1. The van der Waals surface area contributed by atoms with Gasteiger partial charge in [0, 0.05) is 17.0 Å². The molecule has 11 heteroatoms. The number of halogens is 1. The van der Waals surface area contributed by atoms with E-state index >= 15 is 0 Å². The third-order valence-corrected chi connectivity index (χ3v) is 7.21. The maximum atomic E-state index is 12.7. The van der Waals surface area contributed by atoms with Gasteiger partial charge in [-0.1, -0.05) is 11.6 Å². The Morgan fingerprint density at radius 1 is 1.08 bits per heavy atom. The summed E-state index contributed by atoms with van der Waals surface area (Å²) in [5.74, 6) is -1.69. The van der Waals surface area contributed by atoms with Crippen LogP contribution in [0.1, 0.15) is 57.0 Å². The highest BCUT2D eigenvalue weighted by atomic mass is 35.5. The Labute approximate surface area is 215 Å². The second kappa shape index (κ2) is 10.7. The molecule has 0 fully saturated rings. The molecule has 1 amide bonds. The van der Waals surface area contributed by atoms with Crippen LogP contribution in [0.2, 0.25) is 5.02 Å². The van der Waals surface area contributed by atoms with E-state index in [1.807, 2.05) is 0 Å². The number of carbonyl (C=O) groups excluding carboxylic acids is 3. The van der Waals surface area contributed by atoms with Crippen LogP contribution in [0.3, 0.4) is 0 Å². The van der Waals surface area contributed by atoms with Gasteiger partial charge in [-0.15, -0.1) is 11.3 Å². The molecule has 0 spiro atoms. The van der Waals surface area contributed by atoms with E-state index in [1.54, 1.807) is 26.8 Å². The molecule has 1 aliphatic rings. The Kier molecular flexibility index (Phi) is 7.65. The Balaban J connectivity index is 1.55. The van der Waals surface area contributed by atoms with Gasteiger partial charge in [-0.25, -0.2) is 14.4 Å². The van der Waals surface area contributed by atoms with Gasteiger partial charge in [-0.2, -0.15) is 0 Å². The van der Waals surface area contributed by atoms with Gasteiger partial charge in [-0.05, 0) is 57.2 Å². The van der Waals surface area contributed by atoms with Gasteiger partial charge in [0.2, 0.25) is 0 Å². The molecule has 0 atom stereocenters. The SMILES string of the molecule is CCOC(=O)c1sc(NC(=O)COc2cc3oc(=O)c4c(c3cc2Cl)CCC4)c(C(=O)OCC)c1C. The number of carbonyl (C=O) groups is 3. The lowest BCUT2D eigenvalue weighted by molar-refractivity contribution is -0.118. The zero-order valence-corrected chi connectivity index (χ0v) is 21.5. The highest BCUT2D eigenvalue weighted by molar-refractivity contribution is 7.18. The summed E-state index contributed by atoms with van der Waals surface area (Å²) >= 11 is 7.31. The van der Waals surface area contributed by atoms with Gasteiger partial charge in [-0.3, -0.25) is 4.79 Å². The summed E-state index contributed by atoms with van der Waals surface area (Å²) in [6.45, 7) is 4.75. The van der Waals surface area contributed by atoms with Crippen molar-refractivity contribution in [2.45, 2.75) is 40.0 Å². The molecule has 2 aromatic heterocycles. The van der Waals surface area contributed by atoms with Gasteiger partial charge < -0.3 is 23.9 Å². The Bertz CT molecular complexity index is 1420. The smallest absolute Gasteiger partial charge is 0.348 e. The summed E-state index contributed by atoms with van der Waals surface area (Å²) in [4.78, 5) is 50.0. The summed E-state index contributed by atoms with van der Waals surface area (Å²) in [7, 11) is 0. The van der Waals surface area contributed by atoms with E-state index in [4.69, 9.17) is 30.2 Å². The van der Waals surface area contributed by atoms with Crippen molar-refractivity contribution in [1.82, 2.24) is 0 Å². The number of hydrogen-bond donors (Lipinski definition) is 1. The number of ether oxygens (including phenoxy) is 3. The van der Waals surface area contributed by atoms with Crippen molar-refractivity contribution in [3.05, 3.63) is 54.7 Å². The van der Waals surface area contributed by atoms with Gasteiger partial charge in [0.05, 0.1) is 23.8 Å². The van der Waals surface area contributed by atoms with Crippen LogP contribution in [0.15, 0.2) is 21.3 Å². The molecule has 9 nitrogen and oxygen atoms in total. The van der Waals surface area contributed by atoms with Gasteiger partial charge >= 0.3 is 17.6 Å². The van der Waals surface area contributed by atoms with Crippen molar-refractivity contribution < 1.29 is 33.0 Å². The van der Waals surface area contributed by atoms with Crippen LogP contribution >= 0.6 is 22.9 Å². The Hall–Kier alpha value is -3.37. The molecule has 4 rings (SSSR count). The molecule has 0 aliphatic heterocycles. The normalized spacial score (nSPS) is 12.3. The molecule has 190 valence electrons. The van der Waals surface area contributed by atoms with Gasteiger partial charge in [0.25, 0.3) is 5.91 Å². The monoisotopic (exact) mass is 533 g/mol. The summed E-state index contributed by atoms with van der Waals surface area (Å²) < 4.78 is 21.2. The molecule has 0 bridgehead atoms. The summed E-state index contributed by atoms with van der Waals surface area (Å²) in [5, 5.41) is 3.77. The van der Waals surface area contributed by atoms with Crippen molar-refractivity contribution in [2.75, 3.05) is 25.1 Å². The van der Waals surface area contributed by atoms with E-state index in [-0.39, 0.29) is 45.1 Å². The minimum Gasteiger partial charge on any atom is -0.482 e. The zero-order chi connectivity index (χ0) is 26.0. The predicted molar refractivity (Wildman–Crippen MR) is 135 cm³/mol. The van der Waals surface area contributed by atoms with E-state index in [0.29, 0.717) is 23.1 Å². The quantitative estimate of drug-likeness (QED) is 0.327. The minimum atomic E-state index is -0.668. The number of thiophene rings is 1. The summed E-state index contributed by atoms with van der Waals surface area (Å²) in [5.41, 5.74) is 2.00. The first kappa shape index (κ1) is 25.7. The minimum absolute atomic E-state index is 0.0811. The topological polar surface area (TPSA) is 121 Å². The van der Waals surface area contributed by atoms with E-state index in [0.717, 1.165) is 35.1 Å². The first-order valence-electron chi connectivity index (χ1n) is 11.4. The van der Waals surface area contributed by atoms with E-state index in [2.05, 4.69) is 5.32 Å². The number of esters is 2. The second-order valence-corrected chi connectivity index (χ2v) is 9.44. The maximum Gasteiger partial charge on any atom is 0.348 e. The molecular weight excluding hydrogens is 510 g/mol.